The van der Waals surface area contributed by atoms with Gasteiger partial charge in [-0.15, -0.1) is 0 Å². The zero-order chi connectivity index (χ0) is 12.1. The number of nitrogens with one attached hydrogen (secondary N) is 1. The van der Waals surface area contributed by atoms with Crippen LogP contribution in [0.5, 0.6) is 0 Å². The van der Waals surface area contributed by atoms with Crippen molar-refractivity contribution in [1.82, 2.24) is 5.32 Å². The molecule has 1 aromatic rings. The van der Waals surface area contributed by atoms with Crippen LogP contribution < -0.4 is 5.32 Å². The van der Waals surface area contributed by atoms with E-state index in [4.69, 9.17) is 32.7 Å². The molecule has 1 saturated heterocycles. The number of halogens is 2. The first-order chi connectivity index (χ1) is 8.27. The van der Waals surface area contributed by atoms with Crippen molar-refractivity contribution in [3.05, 3.63) is 33.8 Å². The molecular formula is C12H15Cl2NO2. The number of ether oxygens (including phenoxy) is 2. The molecule has 1 fully saturated rings. The summed E-state index contributed by atoms with van der Waals surface area (Å²) in [7, 11) is 0. The Morgan fingerprint density at radius 3 is 2.65 bits per heavy atom. The topological polar surface area (TPSA) is 30.5 Å². The highest BCUT2D eigenvalue weighted by Gasteiger charge is 2.14. The minimum atomic E-state index is 0.116. The minimum Gasteiger partial charge on any atom is -0.376 e. The van der Waals surface area contributed by atoms with Gasteiger partial charge < -0.3 is 14.8 Å². The molecule has 17 heavy (non-hydrogen) atoms. The molecule has 1 N–H and O–H groups in total. The number of rotatable bonds is 4. The fourth-order valence-electron chi connectivity index (χ4n) is 1.71. The SMILES string of the molecule is Clc1cccc(Cl)c1CNCC1COCCO1. The predicted octanol–water partition coefficient (Wildman–Crippen LogP) is 2.50. The number of hydrogen-bond donors (Lipinski definition) is 1. The first-order valence-corrected chi connectivity index (χ1v) is 6.36. The van der Waals surface area contributed by atoms with Crippen molar-refractivity contribution < 1.29 is 9.47 Å². The second kappa shape index (κ2) is 6.57. The van der Waals surface area contributed by atoms with Crippen molar-refractivity contribution in [1.29, 1.82) is 0 Å². The van der Waals surface area contributed by atoms with E-state index in [2.05, 4.69) is 5.32 Å². The maximum Gasteiger partial charge on any atom is 0.0933 e. The van der Waals surface area contributed by atoms with E-state index in [1.54, 1.807) is 0 Å². The Balaban J connectivity index is 1.81. The molecule has 5 heteroatoms. The Hall–Kier alpha value is -0.320. The third-order valence-corrected chi connectivity index (χ3v) is 3.33. The average molecular weight is 276 g/mol. The summed E-state index contributed by atoms with van der Waals surface area (Å²) in [4.78, 5) is 0. The molecule has 1 heterocycles. The zero-order valence-electron chi connectivity index (χ0n) is 9.42. The summed E-state index contributed by atoms with van der Waals surface area (Å²) in [5.41, 5.74) is 0.924. The molecule has 1 aliphatic heterocycles. The van der Waals surface area contributed by atoms with Crippen molar-refractivity contribution >= 4 is 23.2 Å². The molecule has 0 amide bonds. The van der Waals surface area contributed by atoms with Crippen LogP contribution in [0.15, 0.2) is 18.2 Å². The van der Waals surface area contributed by atoms with Crippen molar-refractivity contribution in [3.8, 4) is 0 Å². The third kappa shape index (κ3) is 3.83. The average Bonchev–Trinajstić information content (AvgIpc) is 2.34. The van der Waals surface area contributed by atoms with Crippen LogP contribution in [0.1, 0.15) is 5.56 Å². The van der Waals surface area contributed by atoms with Gasteiger partial charge in [-0.05, 0) is 12.1 Å². The number of benzene rings is 1. The molecule has 1 atom stereocenters. The summed E-state index contributed by atoms with van der Waals surface area (Å²) in [5, 5.41) is 4.65. The highest BCUT2D eigenvalue weighted by Crippen LogP contribution is 2.23. The maximum absolute atomic E-state index is 6.07. The maximum atomic E-state index is 6.07. The minimum absolute atomic E-state index is 0.116. The van der Waals surface area contributed by atoms with E-state index >= 15 is 0 Å². The summed E-state index contributed by atoms with van der Waals surface area (Å²) < 4.78 is 10.8. The van der Waals surface area contributed by atoms with Crippen molar-refractivity contribution in [2.45, 2.75) is 12.6 Å². The Bertz CT molecular complexity index is 347. The third-order valence-electron chi connectivity index (χ3n) is 2.62. The van der Waals surface area contributed by atoms with Crippen molar-refractivity contribution in [2.24, 2.45) is 0 Å². The van der Waals surface area contributed by atoms with Crippen LogP contribution >= 0.6 is 23.2 Å². The summed E-state index contributed by atoms with van der Waals surface area (Å²) in [6.45, 7) is 3.37. The molecule has 0 bridgehead atoms. The lowest BCUT2D eigenvalue weighted by molar-refractivity contribution is -0.0864. The Morgan fingerprint density at radius 1 is 1.24 bits per heavy atom. The van der Waals surface area contributed by atoms with Crippen molar-refractivity contribution in [3.63, 3.8) is 0 Å². The van der Waals surface area contributed by atoms with Crippen molar-refractivity contribution in [2.75, 3.05) is 26.4 Å². The fraction of sp³-hybridized carbons (Fsp3) is 0.500. The van der Waals surface area contributed by atoms with Crippen LogP contribution in [0.3, 0.4) is 0 Å². The summed E-state index contributed by atoms with van der Waals surface area (Å²) in [5.74, 6) is 0. The smallest absolute Gasteiger partial charge is 0.0933 e. The lowest BCUT2D eigenvalue weighted by Crippen LogP contribution is -2.37. The van der Waals surface area contributed by atoms with E-state index in [9.17, 15) is 0 Å². The molecule has 0 aromatic heterocycles. The van der Waals surface area contributed by atoms with Crippen LogP contribution in [0.25, 0.3) is 0 Å². The van der Waals surface area contributed by atoms with E-state index in [-0.39, 0.29) is 6.10 Å². The Labute approximate surface area is 111 Å². The van der Waals surface area contributed by atoms with Crippen LogP contribution in [-0.2, 0) is 16.0 Å². The van der Waals surface area contributed by atoms with Gasteiger partial charge in [0.2, 0.25) is 0 Å². The van der Waals surface area contributed by atoms with Crippen LogP contribution in [0.2, 0.25) is 10.0 Å². The predicted molar refractivity (Wildman–Crippen MR) is 68.7 cm³/mol. The quantitative estimate of drug-likeness (QED) is 0.916. The highest BCUT2D eigenvalue weighted by molar-refractivity contribution is 6.35. The van der Waals surface area contributed by atoms with Gasteiger partial charge in [-0.2, -0.15) is 0 Å². The van der Waals surface area contributed by atoms with Gasteiger partial charge in [-0.25, -0.2) is 0 Å². The van der Waals surface area contributed by atoms with E-state index in [1.807, 2.05) is 18.2 Å². The van der Waals surface area contributed by atoms with E-state index in [0.29, 0.717) is 36.4 Å². The second-order valence-corrected chi connectivity index (χ2v) is 4.71. The molecule has 0 aliphatic carbocycles. The molecule has 3 nitrogen and oxygen atoms in total. The van der Waals surface area contributed by atoms with E-state index in [0.717, 1.165) is 12.1 Å². The van der Waals surface area contributed by atoms with Gasteiger partial charge >= 0.3 is 0 Å². The molecule has 2 rings (SSSR count). The first-order valence-electron chi connectivity index (χ1n) is 5.60. The van der Waals surface area contributed by atoms with Crippen LogP contribution in [0.4, 0.5) is 0 Å². The second-order valence-electron chi connectivity index (χ2n) is 3.90. The lowest BCUT2D eigenvalue weighted by Gasteiger charge is -2.23. The molecule has 1 aromatic carbocycles. The van der Waals surface area contributed by atoms with Gasteiger partial charge in [0, 0.05) is 28.7 Å². The number of hydrogen-bond acceptors (Lipinski definition) is 3. The molecule has 1 aliphatic rings. The lowest BCUT2D eigenvalue weighted by atomic mass is 10.2. The van der Waals surface area contributed by atoms with E-state index < -0.39 is 0 Å². The first kappa shape index (κ1) is 13.1. The van der Waals surface area contributed by atoms with Gasteiger partial charge in [0.05, 0.1) is 25.9 Å². The molecule has 1 unspecified atom stereocenters. The molecule has 0 radical (unpaired) electrons. The standard InChI is InChI=1S/C12H15Cl2NO2/c13-11-2-1-3-12(14)10(11)7-15-6-9-8-16-4-5-17-9/h1-3,9,15H,4-8H2. The summed E-state index contributed by atoms with van der Waals surface area (Å²) >= 11 is 12.1. The molecular weight excluding hydrogens is 261 g/mol. The highest BCUT2D eigenvalue weighted by atomic mass is 35.5. The monoisotopic (exact) mass is 275 g/mol. The summed E-state index contributed by atoms with van der Waals surface area (Å²) in [6.07, 6.45) is 0.116. The van der Waals surface area contributed by atoms with E-state index in [1.165, 1.54) is 0 Å². The fourth-order valence-corrected chi connectivity index (χ4v) is 2.24. The summed E-state index contributed by atoms with van der Waals surface area (Å²) in [6, 6.07) is 5.52. The van der Waals surface area contributed by atoms with Gasteiger partial charge in [-0.3, -0.25) is 0 Å². The van der Waals surface area contributed by atoms with Gasteiger partial charge in [-0.1, -0.05) is 29.3 Å². The Kier molecular flexibility index (Phi) is 5.07. The molecule has 0 saturated carbocycles. The Morgan fingerprint density at radius 2 is 2.00 bits per heavy atom. The molecule has 0 spiro atoms. The van der Waals surface area contributed by atoms with Gasteiger partial charge in [0.15, 0.2) is 0 Å². The molecule has 94 valence electrons. The van der Waals surface area contributed by atoms with Crippen LogP contribution in [-0.4, -0.2) is 32.5 Å². The normalized spacial score (nSPS) is 20.5. The largest absolute Gasteiger partial charge is 0.376 e. The zero-order valence-corrected chi connectivity index (χ0v) is 10.9. The van der Waals surface area contributed by atoms with Gasteiger partial charge in [0.1, 0.15) is 0 Å². The van der Waals surface area contributed by atoms with Gasteiger partial charge in [0.25, 0.3) is 0 Å². The van der Waals surface area contributed by atoms with Crippen LogP contribution in [0, 0.1) is 0 Å².